The molecule has 0 radical (unpaired) electrons. The van der Waals surface area contributed by atoms with Crippen molar-refractivity contribution < 1.29 is 0 Å². The summed E-state index contributed by atoms with van der Waals surface area (Å²) in [7, 11) is 0. The van der Waals surface area contributed by atoms with E-state index >= 15 is 0 Å². The average molecular weight is 297 g/mol. The zero-order chi connectivity index (χ0) is 14.2. The first-order valence-corrected chi connectivity index (χ1v) is 7.81. The molecule has 2 rings (SSSR count). The minimum absolute atomic E-state index is 0.719. The molecular formula is C15H25ClN4. The highest BCUT2D eigenvalue weighted by Gasteiger charge is 2.17. The van der Waals surface area contributed by atoms with Crippen molar-refractivity contribution in [2.24, 2.45) is 5.73 Å². The maximum atomic E-state index is 6.25. The van der Waals surface area contributed by atoms with Crippen molar-refractivity contribution in [2.75, 3.05) is 57.3 Å². The smallest absolute Gasteiger partial charge is 0.0639 e. The van der Waals surface area contributed by atoms with Crippen LogP contribution in [-0.4, -0.2) is 57.3 Å². The van der Waals surface area contributed by atoms with E-state index in [0.29, 0.717) is 0 Å². The Morgan fingerprint density at radius 1 is 1.10 bits per heavy atom. The monoisotopic (exact) mass is 296 g/mol. The summed E-state index contributed by atoms with van der Waals surface area (Å²) >= 11 is 6.25. The largest absolute Gasteiger partial charge is 0.368 e. The van der Waals surface area contributed by atoms with E-state index in [9.17, 15) is 0 Å². The standard InChI is InChI=1S/C15H25ClN4/c16-14-4-1-2-5-15(14)20-12-10-19(11-13-20)9-3-7-18-8-6-17/h1-2,4-5,18H,3,6-13,17H2. The second-order valence-corrected chi connectivity index (χ2v) is 5.58. The van der Waals surface area contributed by atoms with Gasteiger partial charge in [-0.2, -0.15) is 0 Å². The van der Waals surface area contributed by atoms with Crippen LogP contribution in [0.5, 0.6) is 0 Å². The lowest BCUT2D eigenvalue weighted by atomic mass is 10.2. The number of nitrogens with zero attached hydrogens (tertiary/aromatic N) is 2. The number of nitrogens with two attached hydrogens (primary N) is 1. The molecule has 1 aliphatic heterocycles. The van der Waals surface area contributed by atoms with E-state index < -0.39 is 0 Å². The van der Waals surface area contributed by atoms with Crippen molar-refractivity contribution in [3.05, 3.63) is 29.3 Å². The van der Waals surface area contributed by atoms with Crippen molar-refractivity contribution in [1.82, 2.24) is 10.2 Å². The third-order valence-corrected chi connectivity index (χ3v) is 4.03. The Kier molecular flexibility index (Phi) is 6.60. The molecule has 1 aliphatic rings. The van der Waals surface area contributed by atoms with E-state index in [1.165, 1.54) is 12.1 Å². The fraction of sp³-hybridized carbons (Fsp3) is 0.600. The van der Waals surface area contributed by atoms with Gasteiger partial charge in [0.1, 0.15) is 0 Å². The summed E-state index contributed by atoms with van der Waals surface area (Å²) in [6.45, 7) is 8.19. The summed E-state index contributed by atoms with van der Waals surface area (Å²) in [5, 5.41) is 4.19. The van der Waals surface area contributed by atoms with E-state index in [-0.39, 0.29) is 0 Å². The molecule has 0 bridgehead atoms. The van der Waals surface area contributed by atoms with E-state index in [4.69, 9.17) is 17.3 Å². The van der Waals surface area contributed by atoms with E-state index in [1.54, 1.807) is 0 Å². The van der Waals surface area contributed by atoms with Gasteiger partial charge in [0.05, 0.1) is 10.7 Å². The topological polar surface area (TPSA) is 44.5 Å². The van der Waals surface area contributed by atoms with Crippen LogP contribution in [0, 0.1) is 0 Å². The molecule has 20 heavy (non-hydrogen) atoms. The van der Waals surface area contributed by atoms with Crippen LogP contribution in [0.15, 0.2) is 24.3 Å². The van der Waals surface area contributed by atoms with Crippen molar-refractivity contribution in [1.29, 1.82) is 0 Å². The zero-order valence-corrected chi connectivity index (χ0v) is 12.8. The number of hydrogen-bond donors (Lipinski definition) is 2. The molecule has 3 N–H and O–H groups in total. The number of nitrogens with one attached hydrogen (secondary N) is 1. The number of hydrogen-bond acceptors (Lipinski definition) is 4. The van der Waals surface area contributed by atoms with Crippen LogP contribution >= 0.6 is 11.6 Å². The third-order valence-electron chi connectivity index (χ3n) is 3.71. The van der Waals surface area contributed by atoms with Crippen LogP contribution in [0.2, 0.25) is 5.02 Å². The van der Waals surface area contributed by atoms with Gasteiger partial charge < -0.3 is 16.0 Å². The van der Waals surface area contributed by atoms with Crippen molar-refractivity contribution in [2.45, 2.75) is 6.42 Å². The predicted octanol–water partition coefficient (Wildman–Crippen LogP) is 1.40. The minimum atomic E-state index is 0.719. The Morgan fingerprint density at radius 2 is 1.85 bits per heavy atom. The highest BCUT2D eigenvalue weighted by Crippen LogP contribution is 2.25. The number of para-hydroxylation sites is 1. The molecule has 1 fully saturated rings. The Morgan fingerprint density at radius 3 is 2.55 bits per heavy atom. The normalized spacial score (nSPS) is 16.6. The van der Waals surface area contributed by atoms with Crippen molar-refractivity contribution >= 4 is 17.3 Å². The Labute approximate surface area is 126 Å². The van der Waals surface area contributed by atoms with Crippen molar-refractivity contribution in [3.63, 3.8) is 0 Å². The van der Waals surface area contributed by atoms with Gasteiger partial charge in [0.15, 0.2) is 0 Å². The van der Waals surface area contributed by atoms with E-state index in [2.05, 4.69) is 27.2 Å². The van der Waals surface area contributed by atoms with Gasteiger partial charge in [-0.1, -0.05) is 23.7 Å². The summed E-state index contributed by atoms with van der Waals surface area (Å²) in [5.74, 6) is 0. The number of halogens is 1. The molecule has 112 valence electrons. The summed E-state index contributed by atoms with van der Waals surface area (Å²) in [6, 6.07) is 8.11. The zero-order valence-electron chi connectivity index (χ0n) is 12.0. The first kappa shape index (κ1) is 15.6. The van der Waals surface area contributed by atoms with E-state index in [0.717, 1.165) is 57.4 Å². The first-order valence-electron chi connectivity index (χ1n) is 7.44. The van der Waals surface area contributed by atoms with Gasteiger partial charge in [0.25, 0.3) is 0 Å². The Hall–Kier alpha value is -0.810. The van der Waals surface area contributed by atoms with Crippen LogP contribution < -0.4 is 16.0 Å². The molecular weight excluding hydrogens is 272 g/mol. The highest BCUT2D eigenvalue weighted by atomic mass is 35.5. The average Bonchev–Trinajstić information content (AvgIpc) is 2.48. The molecule has 1 saturated heterocycles. The van der Waals surface area contributed by atoms with Crippen LogP contribution in [0.25, 0.3) is 0 Å². The number of rotatable bonds is 7. The van der Waals surface area contributed by atoms with Gasteiger partial charge in [-0.05, 0) is 31.6 Å². The fourth-order valence-corrected chi connectivity index (χ4v) is 2.83. The van der Waals surface area contributed by atoms with Crippen LogP contribution in [0.4, 0.5) is 5.69 Å². The van der Waals surface area contributed by atoms with Gasteiger partial charge >= 0.3 is 0 Å². The molecule has 0 spiro atoms. The second-order valence-electron chi connectivity index (χ2n) is 5.17. The maximum Gasteiger partial charge on any atom is 0.0639 e. The lowest BCUT2D eigenvalue weighted by Gasteiger charge is -2.36. The summed E-state index contributed by atoms with van der Waals surface area (Å²) in [6.07, 6.45) is 1.19. The molecule has 5 heteroatoms. The molecule has 1 aromatic rings. The molecule has 4 nitrogen and oxygen atoms in total. The van der Waals surface area contributed by atoms with Gasteiger partial charge in [-0.3, -0.25) is 4.90 Å². The molecule has 0 amide bonds. The molecule has 0 aliphatic carbocycles. The third kappa shape index (κ3) is 4.63. The van der Waals surface area contributed by atoms with Gasteiger partial charge in [0.2, 0.25) is 0 Å². The van der Waals surface area contributed by atoms with Crippen molar-refractivity contribution in [3.8, 4) is 0 Å². The lowest BCUT2D eigenvalue weighted by molar-refractivity contribution is 0.254. The summed E-state index contributed by atoms with van der Waals surface area (Å²) in [4.78, 5) is 4.91. The van der Waals surface area contributed by atoms with Gasteiger partial charge in [-0.25, -0.2) is 0 Å². The maximum absolute atomic E-state index is 6.25. The van der Waals surface area contributed by atoms with Crippen LogP contribution in [-0.2, 0) is 0 Å². The Balaban J connectivity index is 1.69. The molecule has 0 unspecified atom stereocenters. The number of benzene rings is 1. The molecule has 0 aromatic heterocycles. The molecule has 1 aromatic carbocycles. The van der Waals surface area contributed by atoms with Gasteiger partial charge in [0, 0.05) is 39.3 Å². The van der Waals surface area contributed by atoms with Crippen LogP contribution in [0.1, 0.15) is 6.42 Å². The summed E-state index contributed by atoms with van der Waals surface area (Å²) < 4.78 is 0. The quantitative estimate of drug-likeness (QED) is 0.747. The van der Waals surface area contributed by atoms with Crippen LogP contribution in [0.3, 0.4) is 0 Å². The molecule has 0 saturated carbocycles. The lowest BCUT2D eigenvalue weighted by Crippen LogP contribution is -2.47. The predicted molar refractivity (Wildman–Crippen MR) is 86.6 cm³/mol. The SMILES string of the molecule is NCCNCCCN1CCN(c2ccccc2Cl)CC1. The summed E-state index contributed by atoms with van der Waals surface area (Å²) in [5.41, 5.74) is 6.61. The molecule has 1 heterocycles. The van der Waals surface area contributed by atoms with E-state index in [1.807, 2.05) is 12.1 Å². The van der Waals surface area contributed by atoms with Gasteiger partial charge in [-0.15, -0.1) is 0 Å². The number of piperazine rings is 1. The first-order chi connectivity index (χ1) is 9.81. The Bertz CT molecular complexity index is 391. The fourth-order valence-electron chi connectivity index (χ4n) is 2.58. The minimum Gasteiger partial charge on any atom is -0.368 e. The highest BCUT2D eigenvalue weighted by molar-refractivity contribution is 6.33. The number of anilines is 1. The second kappa shape index (κ2) is 8.47. The molecule has 0 atom stereocenters.